The summed E-state index contributed by atoms with van der Waals surface area (Å²) in [6.07, 6.45) is 0.107. The second-order valence-electron chi connectivity index (χ2n) is 7.05. The van der Waals surface area contributed by atoms with E-state index in [1.165, 1.54) is 18.3 Å². The highest BCUT2D eigenvalue weighted by atomic mass is 32.2. The van der Waals surface area contributed by atoms with Crippen LogP contribution in [-0.4, -0.2) is 26.3 Å². The third-order valence-electron chi connectivity index (χ3n) is 4.01. The Morgan fingerprint density at radius 2 is 1.76 bits per heavy atom. The van der Waals surface area contributed by atoms with Crippen LogP contribution in [0.2, 0.25) is 0 Å². The van der Waals surface area contributed by atoms with Gasteiger partial charge in [0.05, 0.1) is 18.2 Å². The standard InChI is InChI=1S/C20H27N3O4S2/c1-14(2)23-29(26,27)13-17-8-5-4-7-16(17)12-21-20(25)11-18(22-15(3)24)19-9-6-10-28-19/h4-10,14,18,23H,11-13H2,1-3H3,(H,21,25)(H,22,24)/t18-/m0/s1. The zero-order chi connectivity index (χ0) is 21.4. The van der Waals surface area contributed by atoms with E-state index >= 15 is 0 Å². The maximum absolute atomic E-state index is 12.5. The molecule has 158 valence electrons. The van der Waals surface area contributed by atoms with E-state index in [-0.39, 0.29) is 36.6 Å². The quantitative estimate of drug-likeness (QED) is 0.531. The summed E-state index contributed by atoms with van der Waals surface area (Å²) in [5.41, 5.74) is 1.37. The van der Waals surface area contributed by atoms with Crippen LogP contribution in [0.15, 0.2) is 41.8 Å². The molecule has 2 rings (SSSR count). The lowest BCUT2D eigenvalue weighted by Crippen LogP contribution is -2.33. The molecule has 1 aromatic heterocycles. The van der Waals surface area contributed by atoms with Gasteiger partial charge in [0.25, 0.3) is 0 Å². The van der Waals surface area contributed by atoms with Gasteiger partial charge in [0.1, 0.15) is 0 Å². The van der Waals surface area contributed by atoms with E-state index in [1.54, 1.807) is 38.1 Å². The number of amides is 2. The number of benzene rings is 1. The lowest BCUT2D eigenvalue weighted by atomic mass is 10.1. The van der Waals surface area contributed by atoms with Gasteiger partial charge in [-0.3, -0.25) is 9.59 Å². The highest BCUT2D eigenvalue weighted by Crippen LogP contribution is 2.22. The van der Waals surface area contributed by atoms with Crippen LogP contribution in [0.1, 0.15) is 49.2 Å². The summed E-state index contributed by atoms with van der Waals surface area (Å²) < 4.78 is 27.1. The van der Waals surface area contributed by atoms with Crippen LogP contribution in [0.4, 0.5) is 0 Å². The van der Waals surface area contributed by atoms with Gasteiger partial charge in [0.2, 0.25) is 21.8 Å². The molecule has 0 saturated carbocycles. The molecule has 0 unspecified atom stereocenters. The molecule has 0 fully saturated rings. The number of sulfonamides is 1. The molecule has 0 aliphatic rings. The molecular weight excluding hydrogens is 410 g/mol. The van der Waals surface area contributed by atoms with Crippen LogP contribution >= 0.6 is 11.3 Å². The number of thiophene rings is 1. The van der Waals surface area contributed by atoms with Gasteiger partial charge in [0.15, 0.2) is 0 Å². The van der Waals surface area contributed by atoms with Crippen molar-refractivity contribution >= 4 is 33.2 Å². The summed E-state index contributed by atoms with van der Waals surface area (Å²) in [6, 6.07) is 10.3. The lowest BCUT2D eigenvalue weighted by molar-refractivity contribution is -0.122. The second kappa shape index (κ2) is 10.5. The van der Waals surface area contributed by atoms with Gasteiger partial charge in [0, 0.05) is 24.4 Å². The Labute approximate surface area is 176 Å². The van der Waals surface area contributed by atoms with Crippen molar-refractivity contribution in [2.24, 2.45) is 0 Å². The summed E-state index contributed by atoms with van der Waals surface area (Å²) in [5.74, 6) is -0.583. The SMILES string of the molecule is CC(=O)N[C@@H](CC(=O)NCc1ccccc1CS(=O)(=O)NC(C)C)c1cccs1. The van der Waals surface area contributed by atoms with E-state index in [0.717, 1.165) is 10.4 Å². The number of carbonyl (C=O) groups excluding carboxylic acids is 2. The monoisotopic (exact) mass is 437 g/mol. The van der Waals surface area contributed by atoms with E-state index in [9.17, 15) is 18.0 Å². The number of nitrogens with one attached hydrogen (secondary N) is 3. The fourth-order valence-electron chi connectivity index (χ4n) is 2.89. The maximum Gasteiger partial charge on any atom is 0.222 e. The van der Waals surface area contributed by atoms with Crippen molar-refractivity contribution in [3.8, 4) is 0 Å². The third kappa shape index (κ3) is 7.96. The van der Waals surface area contributed by atoms with Crippen molar-refractivity contribution in [2.75, 3.05) is 0 Å². The predicted octanol–water partition coefficient (Wildman–Crippen LogP) is 2.46. The number of rotatable bonds is 10. The molecule has 2 aromatic rings. The smallest absolute Gasteiger partial charge is 0.222 e. The summed E-state index contributed by atoms with van der Waals surface area (Å²) in [5, 5.41) is 7.52. The number of hydrogen-bond donors (Lipinski definition) is 3. The molecule has 7 nitrogen and oxygen atoms in total. The minimum Gasteiger partial charge on any atom is -0.352 e. The molecule has 0 saturated heterocycles. The van der Waals surface area contributed by atoms with Gasteiger partial charge in [-0.05, 0) is 36.4 Å². The Hall–Kier alpha value is -2.23. The highest BCUT2D eigenvalue weighted by molar-refractivity contribution is 7.88. The minimum atomic E-state index is -3.47. The first-order valence-electron chi connectivity index (χ1n) is 9.30. The molecular formula is C20H27N3O4S2. The van der Waals surface area contributed by atoms with E-state index in [4.69, 9.17) is 0 Å². The van der Waals surface area contributed by atoms with Crippen LogP contribution in [0.5, 0.6) is 0 Å². The number of carbonyl (C=O) groups is 2. The number of hydrogen-bond acceptors (Lipinski definition) is 5. The fraction of sp³-hybridized carbons (Fsp3) is 0.400. The van der Waals surface area contributed by atoms with E-state index in [2.05, 4.69) is 15.4 Å². The molecule has 2 amide bonds. The first-order valence-corrected chi connectivity index (χ1v) is 11.8. The van der Waals surface area contributed by atoms with Crippen molar-refractivity contribution in [1.82, 2.24) is 15.4 Å². The second-order valence-corrected chi connectivity index (χ2v) is 9.78. The van der Waals surface area contributed by atoms with Gasteiger partial charge in [-0.15, -0.1) is 11.3 Å². The van der Waals surface area contributed by atoms with Crippen molar-refractivity contribution in [3.63, 3.8) is 0 Å². The van der Waals surface area contributed by atoms with Crippen LogP contribution in [-0.2, 0) is 31.9 Å². The first kappa shape index (κ1) is 23.1. The van der Waals surface area contributed by atoms with Gasteiger partial charge >= 0.3 is 0 Å². The topological polar surface area (TPSA) is 104 Å². The molecule has 0 aliphatic heterocycles. The van der Waals surface area contributed by atoms with E-state index < -0.39 is 16.1 Å². The molecule has 0 spiro atoms. The molecule has 1 atom stereocenters. The molecule has 9 heteroatoms. The van der Waals surface area contributed by atoms with Gasteiger partial charge in [-0.25, -0.2) is 13.1 Å². The highest BCUT2D eigenvalue weighted by Gasteiger charge is 2.19. The first-order chi connectivity index (χ1) is 13.7. The largest absolute Gasteiger partial charge is 0.352 e. The van der Waals surface area contributed by atoms with Crippen LogP contribution in [0, 0.1) is 0 Å². The normalized spacial score (nSPS) is 12.6. The zero-order valence-electron chi connectivity index (χ0n) is 16.8. The van der Waals surface area contributed by atoms with Crippen LogP contribution < -0.4 is 15.4 Å². The van der Waals surface area contributed by atoms with Crippen molar-refractivity contribution in [3.05, 3.63) is 57.8 Å². The summed E-state index contributed by atoms with van der Waals surface area (Å²) in [7, 11) is -3.47. The zero-order valence-corrected chi connectivity index (χ0v) is 18.4. The Morgan fingerprint density at radius 3 is 2.34 bits per heavy atom. The molecule has 0 bridgehead atoms. The van der Waals surface area contributed by atoms with Gasteiger partial charge < -0.3 is 10.6 Å². The molecule has 0 radical (unpaired) electrons. The third-order valence-corrected chi connectivity index (χ3v) is 6.52. The summed E-state index contributed by atoms with van der Waals surface area (Å²) in [4.78, 5) is 24.8. The van der Waals surface area contributed by atoms with Gasteiger partial charge in [-0.1, -0.05) is 30.3 Å². The summed E-state index contributed by atoms with van der Waals surface area (Å²) >= 11 is 1.47. The van der Waals surface area contributed by atoms with E-state index in [1.807, 2.05) is 17.5 Å². The van der Waals surface area contributed by atoms with Crippen molar-refractivity contribution in [1.29, 1.82) is 0 Å². The average Bonchev–Trinajstić information content (AvgIpc) is 3.13. The maximum atomic E-state index is 12.5. The predicted molar refractivity (Wildman–Crippen MR) is 115 cm³/mol. The van der Waals surface area contributed by atoms with Crippen LogP contribution in [0.25, 0.3) is 0 Å². The van der Waals surface area contributed by atoms with Gasteiger partial charge in [-0.2, -0.15) is 0 Å². The van der Waals surface area contributed by atoms with Crippen molar-refractivity contribution in [2.45, 2.75) is 51.6 Å². The molecule has 1 aromatic carbocycles. The Morgan fingerprint density at radius 1 is 1.07 bits per heavy atom. The molecule has 3 N–H and O–H groups in total. The van der Waals surface area contributed by atoms with Crippen LogP contribution in [0.3, 0.4) is 0 Å². The minimum absolute atomic E-state index is 0.107. The van der Waals surface area contributed by atoms with Crippen molar-refractivity contribution < 1.29 is 18.0 Å². The Bertz CT molecular complexity index is 925. The molecule has 29 heavy (non-hydrogen) atoms. The molecule has 0 aliphatic carbocycles. The fourth-order valence-corrected chi connectivity index (χ4v) is 5.16. The molecule has 1 heterocycles. The average molecular weight is 438 g/mol. The Kier molecular flexibility index (Phi) is 8.36. The lowest BCUT2D eigenvalue weighted by Gasteiger charge is -2.17. The van der Waals surface area contributed by atoms with E-state index in [0.29, 0.717) is 5.56 Å². The Balaban J connectivity index is 2.02. The summed E-state index contributed by atoms with van der Waals surface area (Å²) in [6.45, 7) is 5.16.